The quantitative estimate of drug-likeness (QED) is 0.462. The largest absolute Gasteiger partial charge is 0.481 e. The van der Waals surface area contributed by atoms with Crippen molar-refractivity contribution < 1.29 is 8.92 Å². The summed E-state index contributed by atoms with van der Waals surface area (Å²) in [5, 5.41) is 0. The van der Waals surface area contributed by atoms with Crippen LogP contribution < -0.4 is 9.64 Å². The van der Waals surface area contributed by atoms with Gasteiger partial charge >= 0.3 is 0 Å². The zero-order chi connectivity index (χ0) is 12.8. The molecule has 0 aliphatic carbocycles. The van der Waals surface area contributed by atoms with Crippen LogP contribution in [0, 0.1) is 0 Å². The molecular weight excluding hydrogens is 248 g/mol. The molecule has 100 valence electrons. The number of anilines is 1. The molecule has 0 saturated carbocycles. The lowest BCUT2D eigenvalue weighted by molar-refractivity contribution is 0.313. The van der Waals surface area contributed by atoms with Crippen LogP contribution in [-0.2, 0) is 4.18 Å². The first-order valence-corrected chi connectivity index (χ1v) is 7.02. The SMILES string of the molecule is COSCOc1ccc(N2CCN(C)CC2)cc1. The van der Waals surface area contributed by atoms with Gasteiger partial charge in [0.15, 0.2) is 5.94 Å². The molecule has 0 amide bonds. The zero-order valence-electron chi connectivity index (χ0n) is 11.0. The van der Waals surface area contributed by atoms with E-state index in [-0.39, 0.29) is 0 Å². The van der Waals surface area contributed by atoms with Crippen LogP contribution in [0.2, 0.25) is 0 Å². The Morgan fingerprint density at radius 3 is 2.39 bits per heavy atom. The Kier molecular flexibility index (Phi) is 5.16. The number of ether oxygens (including phenoxy) is 1. The van der Waals surface area contributed by atoms with Gasteiger partial charge in [-0.2, -0.15) is 0 Å². The van der Waals surface area contributed by atoms with E-state index in [1.807, 2.05) is 12.1 Å². The molecule has 18 heavy (non-hydrogen) atoms. The summed E-state index contributed by atoms with van der Waals surface area (Å²) < 4.78 is 10.4. The fraction of sp³-hybridized carbons (Fsp3) is 0.538. The first-order valence-electron chi connectivity index (χ1n) is 6.11. The van der Waals surface area contributed by atoms with E-state index in [0.29, 0.717) is 5.94 Å². The van der Waals surface area contributed by atoms with Crippen LogP contribution >= 0.6 is 12.0 Å². The molecule has 1 aromatic rings. The monoisotopic (exact) mass is 268 g/mol. The molecule has 0 aromatic heterocycles. The summed E-state index contributed by atoms with van der Waals surface area (Å²) in [6.45, 7) is 4.44. The first-order chi connectivity index (χ1) is 8.79. The Labute approximate surface area is 113 Å². The fourth-order valence-electron chi connectivity index (χ4n) is 1.96. The molecule has 2 rings (SSSR count). The second-order valence-corrected chi connectivity index (χ2v) is 5.14. The zero-order valence-corrected chi connectivity index (χ0v) is 11.8. The lowest BCUT2D eigenvalue weighted by Gasteiger charge is -2.34. The van der Waals surface area contributed by atoms with E-state index in [1.54, 1.807) is 7.11 Å². The van der Waals surface area contributed by atoms with Crippen molar-refractivity contribution in [2.24, 2.45) is 0 Å². The summed E-state index contributed by atoms with van der Waals surface area (Å²) in [7, 11) is 3.81. The summed E-state index contributed by atoms with van der Waals surface area (Å²) >= 11 is 1.30. The fourth-order valence-corrected chi connectivity index (χ4v) is 2.24. The van der Waals surface area contributed by atoms with Gasteiger partial charge in [-0.1, -0.05) is 0 Å². The standard InChI is InChI=1S/C13H20N2O2S/c1-14-7-9-15(10-8-14)12-3-5-13(6-4-12)17-11-18-16-2/h3-6H,7-11H2,1-2H3. The molecular formula is C13H20N2O2S. The van der Waals surface area contributed by atoms with E-state index in [4.69, 9.17) is 8.92 Å². The van der Waals surface area contributed by atoms with Gasteiger partial charge in [-0.3, -0.25) is 0 Å². The smallest absolute Gasteiger partial charge is 0.159 e. The normalized spacial score (nSPS) is 16.9. The minimum absolute atomic E-state index is 0.518. The second-order valence-electron chi connectivity index (χ2n) is 4.33. The van der Waals surface area contributed by atoms with Crippen molar-refractivity contribution in [3.05, 3.63) is 24.3 Å². The maximum atomic E-state index is 5.52. The molecule has 0 unspecified atom stereocenters. The van der Waals surface area contributed by atoms with Crippen molar-refractivity contribution in [3.63, 3.8) is 0 Å². The minimum atomic E-state index is 0.518. The van der Waals surface area contributed by atoms with E-state index in [0.717, 1.165) is 31.9 Å². The molecule has 0 N–H and O–H groups in total. The van der Waals surface area contributed by atoms with E-state index < -0.39 is 0 Å². The van der Waals surface area contributed by atoms with Gasteiger partial charge in [0, 0.05) is 43.9 Å². The highest BCUT2D eigenvalue weighted by molar-refractivity contribution is 7.94. The third kappa shape index (κ3) is 3.80. The van der Waals surface area contributed by atoms with Crippen LogP contribution in [0.15, 0.2) is 24.3 Å². The summed E-state index contributed by atoms with van der Waals surface area (Å²) in [6, 6.07) is 8.28. The highest BCUT2D eigenvalue weighted by atomic mass is 32.2. The van der Waals surface area contributed by atoms with Gasteiger partial charge in [-0.15, -0.1) is 0 Å². The Morgan fingerprint density at radius 1 is 1.11 bits per heavy atom. The van der Waals surface area contributed by atoms with Gasteiger partial charge in [0.2, 0.25) is 0 Å². The van der Waals surface area contributed by atoms with Crippen LogP contribution in [0.5, 0.6) is 5.75 Å². The molecule has 0 atom stereocenters. The number of rotatable bonds is 5. The molecule has 1 aliphatic heterocycles. The molecule has 1 heterocycles. The van der Waals surface area contributed by atoms with Gasteiger partial charge in [0.25, 0.3) is 0 Å². The molecule has 0 spiro atoms. The van der Waals surface area contributed by atoms with Gasteiger partial charge < -0.3 is 18.7 Å². The summed E-state index contributed by atoms with van der Waals surface area (Å²) in [4.78, 5) is 4.77. The van der Waals surface area contributed by atoms with Crippen LogP contribution in [-0.4, -0.2) is 51.2 Å². The molecule has 1 aromatic carbocycles. The molecule has 1 fully saturated rings. The number of hydrogen-bond acceptors (Lipinski definition) is 5. The molecule has 1 saturated heterocycles. The van der Waals surface area contributed by atoms with Gasteiger partial charge in [-0.05, 0) is 31.3 Å². The molecule has 0 radical (unpaired) electrons. The number of benzene rings is 1. The third-order valence-electron chi connectivity index (χ3n) is 3.10. The van der Waals surface area contributed by atoms with Gasteiger partial charge in [-0.25, -0.2) is 0 Å². The minimum Gasteiger partial charge on any atom is -0.481 e. The van der Waals surface area contributed by atoms with Crippen molar-refractivity contribution in [3.8, 4) is 5.75 Å². The molecule has 5 heteroatoms. The van der Waals surface area contributed by atoms with Crippen LogP contribution in [0.1, 0.15) is 0 Å². The third-order valence-corrected chi connectivity index (χ3v) is 3.55. The molecule has 4 nitrogen and oxygen atoms in total. The average Bonchev–Trinajstić information content (AvgIpc) is 2.41. The van der Waals surface area contributed by atoms with E-state index >= 15 is 0 Å². The lowest BCUT2D eigenvalue weighted by Crippen LogP contribution is -2.44. The maximum Gasteiger partial charge on any atom is 0.159 e. The predicted octanol–water partition coefficient (Wildman–Crippen LogP) is 2.07. The molecule has 1 aliphatic rings. The van der Waals surface area contributed by atoms with Gasteiger partial charge in [0.05, 0.1) is 7.11 Å². The second kappa shape index (κ2) is 6.87. The Bertz CT molecular complexity index is 351. The highest BCUT2D eigenvalue weighted by Gasteiger charge is 2.13. The van der Waals surface area contributed by atoms with E-state index in [1.165, 1.54) is 17.7 Å². The van der Waals surface area contributed by atoms with Crippen LogP contribution in [0.4, 0.5) is 5.69 Å². The number of hydrogen-bond donors (Lipinski definition) is 0. The van der Waals surface area contributed by atoms with Crippen molar-refractivity contribution in [2.45, 2.75) is 0 Å². The lowest BCUT2D eigenvalue weighted by atomic mass is 10.2. The Hall–Kier alpha value is -0.910. The van der Waals surface area contributed by atoms with Crippen molar-refractivity contribution in [2.75, 3.05) is 51.2 Å². The summed E-state index contributed by atoms with van der Waals surface area (Å²) in [6.07, 6.45) is 0. The van der Waals surface area contributed by atoms with Crippen molar-refractivity contribution >= 4 is 17.7 Å². The Morgan fingerprint density at radius 2 is 1.78 bits per heavy atom. The van der Waals surface area contributed by atoms with E-state index in [2.05, 4.69) is 29.0 Å². The van der Waals surface area contributed by atoms with Gasteiger partial charge in [0.1, 0.15) is 5.75 Å². The molecule has 0 bridgehead atoms. The number of nitrogens with zero attached hydrogens (tertiary/aromatic N) is 2. The Balaban J connectivity index is 1.87. The van der Waals surface area contributed by atoms with Crippen LogP contribution in [0.3, 0.4) is 0 Å². The van der Waals surface area contributed by atoms with Crippen molar-refractivity contribution in [1.29, 1.82) is 0 Å². The van der Waals surface area contributed by atoms with Crippen LogP contribution in [0.25, 0.3) is 0 Å². The topological polar surface area (TPSA) is 24.9 Å². The average molecular weight is 268 g/mol. The van der Waals surface area contributed by atoms with Crippen molar-refractivity contribution in [1.82, 2.24) is 4.90 Å². The first kappa shape index (κ1) is 13.5. The maximum absolute atomic E-state index is 5.52. The number of likely N-dealkylation sites (N-methyl/N-ethyl adjacent to an activating group) is 1. The highest BCUT2D eigenvalue weighted by Crippen LogP contribution is 2.21. The number of piperazine rings is 1. The van der Waals surface area contributed by atoms with E-state index in [9.17, 15) is 0 Å². The summed E-state index contributed by atoms with van der Waals surface area (Å²) in [5.41, 5.74) is 1.27. The summed E-state index contributed by atoms with van der Waals surface area (Å²) in [5.74, 6) is 1.40. The predicted molar refractivity (Wildman–Crippen MR) is 76.2 cm³/mol.